The highest BCUT2D eigenvalue weighted by Crippen LogP contribution is 2.33. The summed E-state index contributed by atoms with van der Waals surface area (Å²) in [6.07, 6.45) is 2.26. The van der Waals surface area contributed by atoms with Crippen molar-refractivity contribution >= 4 is 58.3 Å². The number of hydrogen-bond donors (Lipinski definition) is 3. The van der Waals surface area contributed by atoms with Crippen molar-refractivity contribution in [3.63, 3.8) is 0 Å². The molecule has 0 aromatic heterocycles. The topological polar surface area (TPSA) is 90.5 Å². The van der Waals surface area contributed by atoms with Crippen molar-refractivity contribution in [1.29, 1.82) is 0 Å². The minimum atomic E-state index is -0.705. The largest absolute Gasteiger partial charge is 0.339 e. The number of urea groups is 1. The Hall–Kier alpha value is -1.96. The van der Waals surface area contributed by atoms with Gasteiger partial charge < -0.3 is 10.2 Å². The van der Waals surface area contributed by atoms with E-state index >= 15 is 0 Å². The summed E-state index contributed by atoms with van der Waals surface area (Å²) in [6, 6.07) is 2.16. The molecule has 0 bridgehead atoms. The van der Waals surface area contributed by atoms with Gasteiger partial charge in [-0.15, -0.1) is 0 Å². The Balaban J connectivity index is 1.82. The Morgan fingerprint density at radius 2 is 1.65 bits per heavy atom. The van der Waals surface area contributed by atoms with E-state index in [9.17, 15) is 14.4 Å². The van der Waals surface area contributed by atoms with Gasteiger partial charge in [-0.1, -0.05) is 41.4 Å². The standard InChI is InChI=1S/C16H17Cl3N4O3/c1-2-13(24)23-5-3-9(4-6-23)15(25)21-22-16(26)20-14-11(18)7-10(17)8-12(14)19/h2,7-9H,1,3-6H2,(H,21,25)(H2,20,22,26). The van der Waals surface area contributed by atoms with Gasteiger partial charge in [-0.3, -0.25) is 15.0 Å². The maximum absolute atomic E-state index is 12.1. The highest BCUT2D eigenvalue weighted by Gasteiger charge is 2.26. The van der Waals surface area contributed by atoms with Gasteiger partial charge in [0.05, 0.1) is 15.7 Å². The molecule has 1 aromatic rings. The zero-order valence-electron chi connectivity index (χ0n) is 13.7. The Morgan fingerprint density at radius 1 is 1.08 bits per heavy atom. The van der Waals surface area contributed by atoms with Crippen molar-refractivity contribution in [2.24, 2.45) is 5.92 Å². The highest BCUT2D eigenvalue weighted by molar-refractivity contribution is 6.42. The molecule has 3 N–H and O–H groups in total. The monoisotopic (exact) mass is 418 g/mol. The van der Waals surface area contributed by atoms with Gasteiger partial charge in [0, 0.05) is 24.0 Å². The maximum Gasteiger partial charge on any atom is 0.338 e. The second kappa shape index (κ2) is 9.12. The molecular formula is C16H17Cl3N4O3. The minimum Gasteiger partial charge on any atom is -0.339 e. The zero-order valence-corrected chi connectivity index (χ0v) is 15.9. The van der Waals surface area contributed by atoms with Gasteiger partial charge in [0.1, 0.15) is 0 Å². The van der Waals surface area contributed by atoms with Crippen LogP contribution in [0.4, 0.5) is 10.5 Å². The van der Waals surface area contributed by atoms with Gasteiger partial charge in [-0.2, -0.15) is 0 Å². The number of rotatable bonds is 3. The van der Waals surface area contributed by atoms with Crippen LogP contribution in [0.2, 0.25) is 15.1 Å². The van der Waals surface area contributed by atoms with Gasteiger partial charge in [-0.05, 0) is 31.1 Å². The lowest BCUT2D eigenvalue weighted by Gasteiger charge is -2.30. The van der Waals surface area contributed by atoms with E-state index in [0.717, 1.165) is 0 Å². The van der Waals surface area contributed by atoms with Crippen LogP contribution < -0.4 is 16.2 Å². The Labute approximate surface area is 165 Å². The number of likely N-dealkylation sites (tertiary alicyclic amines) is 1. The van der Waals surface area contributed by atoms with Crippen LogP contribution in [0.5, 0.6) is 0 Å². The van der Waals surface area contributed by atoms with Crippen LogP contribution in [0.25, 0.3) is 0 Å². The summed E-state index contributed by atoms with van der Waals surface area (Å²) in [6.45, 7) is 4.37. The molecule has 0 radical (unpaired) electrons. The van der Waals surface area contributed by atoms with Crippen molar-refractivity contribution in [3.05, 3.63) is 39.9 Å². The highest BCUT2D eigenvalue weighted by atomic mass is 35.5. The predicted octanol–water partition coefficient (Wildman–Crippen LogP) is 3.22. The van der Waals surface area contributed by atoms with E-state index in [4.69, 9.17) is 34.8 Å². The number of nitrogens with one attached hydrogen (secondary N) is 3. The molecule has 140 valence electrons. The first-order valence-corrected chi connectivity index (χ1v) is 8.88. The first-order chi connectivity index (χ1) is 12.3. The van der Waals surface area contributed by atoms with Crippen LogP contribution in [0.1, 0.15) is 12.8 Å². The number of piperidine rings is 1. The molecule has 0 aliphatic carbocycles. The molecule has 10 heteroatoms. The number of nitrogens with zero attached hydrogens (tertiary/aromatic N) is 1. The molecule has 1 aliphatic rings. The summed E-state index contributed by atoms with van der Waals surface area (Å²) >= 11 is 17.8. The molecule has 2 rings (SSSR count). The molecule has 1 fully saturated rings. The predicted molar refractivity (Wildman–Crippen MR) is 101 cm³/mol. The minimum absolute atomic E-state index is 0.155. The number of anilines is 1. The maximum atomic E-state index is 12.1. The average molecular weight is 420 g/mol. The molecule has 1 aliphatic heterocycles. The summed E-state index contributed by atoms with van der Waals surface area (Å²) < 4.78 is 0. The molecule has 26 heavy (non-hydrogen) atoms. The van der Waals surface area contributed by atoms with Gasteiger partial charge in [0.15, 0.2) is 0 Å². The lowest BCUT2D eigenvalue weighted by molar-refractivity contribution is -0.132. The van der Waals surface area contributed by atoms with Crippen LogP contribution in [0.3, 0.4) is 0 Å². The Morgan fingerprint density at radius 3 is 2.19 bits per heavy atom. The van der Waals surface area contributed by atoms with Gasteiger partial charge in [0.25, 0.3) is 0 Å². The Kier molecular flexibility index (Phi) is 7.14. The summed E-state index contributed by atoms with van der Waals surface area (Å²) in [5.74, 6) is -0.788. The van der Waals surface area contributed by atoms with E-state index in [-0.39, 0.29) is 33.5 Å². The van der Waals surface area contributed by atoms with E-state index in [1.54, 1.807) is 4.90 Å². The van der Waals surface area contributed by atoms with Gasteiger partial charge in [-0.25, -0.2) is 10.2 Å². The first-order valence-electron chi connectivity index (χ1n) is 7.74. The fourth-order valence-electron chi connectivity index (χ4n) is 2.52. The van der Waals surface area contributed by atoms with Crippen molar-refractivity contribution < 1.29 is 14.4 Å². The summed E-state index contributed by atoms with van der Waals surface area (Å²) in [4.78, 5) is 37.2. The molecular weight excluding hydrogens is 403 g/mol. The third-order valence-electron chi connectivity index (χ3n) is 3.90. The zero-order chi connectivity index (χ0) is 19.3. The fraction of sp³-hybridized carbons (Fsp3) is 0.312. The molecule has 4 amide bonds. The third kappa shape index (κ3) is 5.27. The number of hydrazine groups is 1. The second-order valence-electron chi connectivity index (χ2n) is 5.62. The normalized spacial score (nSPS) is 14.5. The van der Waals surface area contributed by atoms with Gasteiger partial charge in [0.2, 0.25) is 11.8 Å². The molecule has 7 nitrogen and oxygen atoms in total. The molecule has 0 atom stereocenters. The van der Waals surface area contributed by atoms with Crippen molar-refractivity contribution in [2.45, 2.75) is 12.8 Å². The van der Waals surface area contributed by atoms with Crippen molar-refractivity contribution in [3.8, 4) is 0 Å². The van der Waals surface area contributed by atoms with Gasteiger partial charge >= 0.3 is 6.03 Å². The summed E-state index contributed by atoms with van der Waals surface area (Å²) in [5, 5.41) is 3.12. The van der Waals surface area contributed by atoms with Crippen molar-refractivity contribution in [1.82, 2.24) is 15.8 Å². The van der Waals surface area contributed by atoms with Crippen LogP contribution in [0.15, 0.2) is 24.8 Å². The Bertz CT molecular complexity index is 710. The quantitative estimate of drug-likeness (QED) is 0.519. The number of carbonyl (C=O) groups is 3. The summed E-state index contributed by atoms with van der Waals surface area (Å²) in [7, 11) is 0. The smallest absolute Gasteiger partial charge is 0.338 e. The number of hydrogen-bond acceptors (Lipinski definition) is 3. The average Bonchev–Trinajstić information content (AvgIpc) is 2.62. The molecule has 0 unspecified atom stereocenters. The third-order valence-corrected chi connectivity index (χ3v) is 4.71. The van der Waals surface area contributed by atoms with Crippen molar-refractivity contribution in [2.75, 3.05) is 18.4 Å². The van der Waals surface area contributed by atoms with Crippen LogP contribution in [-0.4, -0.2) is 35.8 Å². The molecule has 1 heterocycles. The molecule has 0 saturated carbocycles. The van der Waals surface area contributed by atoms with Crippen LogP contribution in [-0.2, 0) is 9.59 Å². The molecule has 1 aromatic carbocycles. The molecule has 0 spiro atoms. The van der Waals surface area contributed by atoms with E-state index in [0.29, 0.717) is 31.0 Å². The second-order valence-corrected chi connectivity index (χ2v) is 6.87. The van der Waals surface area contributed by atoms with E-state index < -0.39 is 6.03 Å². The first kappa shape index (κ1) is 20.4. The summed E-state index contributed by atoms with van der Waals surface area (Å²) in [5.41, 5.74) is 4.77. The molecule has 1 saturated heterocycles. The van der Waals surface area contributed by atoms with Crippen LogP contribution >= 0.6 is 34.8 Å². The number of halogens is 3. The van der Waals surface area contributed by atoms with E-state index in [1.165, 1.54) is 18.2 Å². The van der Waals surface area contributed by atoms with E-state index in [1.807, 2.05) is 0 Å². The lowest BCUT2D eigenvalue weighted by Crippen LogP contribution is -2.49. The van der Waals surface area contributed by atoms with Crippen LogP contribution in [0, 0.1) is 5.92 Å². The number of benzene rings is 1. The SMILES string of the molecule is C=CC(=O)N1CCC(C(=O)NNC(=O)Nc2c(Cl)cc(Cl)cc2Cl)CC1. The van der Waals surface area contributed by atoms with E-state index in [2.05, 4.69) is 22.7 Å². The lowest BCUT2D eigenvalue weighted by atomic mass is 9.96. The number of carbonyl (C=O) groups excluding carboxylic acids is 3. The number of amides is 4. The fourth-order valence-corrected chi connectivity index (χ4v) is 3.43.